The molecule has 0 amide bonds. The van der Waals surface area contributed by atoms with Gasteiger partial charge in [-0.15, -0.1) is 17.9 Å². The van der Waals surface area contributed by atoms with E-state index >= 15 is 0 Å². The van der Waals surface area contributed by atoms with Gasteiger partial charge in [0.15, 0.2) is 0 Å². The van der Waals surface area contributed by atoms with Gasteiger partial charge in [0.25, 0.3) is 10.1 Å². The summed E-state index contributed by atoms with van der Waals surface area (Å²) in [5.74, 6) is -0.484. The molecule has 7 aromatic rings. The van der Waals surface area contributed by atoms with Gasteiger partial charge in [-0.05, 0) is 105 Å². The van der Waals surface area contributed by atoms with Crippen LogP contribution in [-0.2, 0) is 41.6 Å². The number of rotatable bonds is 20. The number of fused-ring (bicyclic) bond motifs is 1. The summed E-state index contributed by atoms with van der Waals surface area (Å²) in [6.07, 6.45) is 0.554. The van der Waals surface area contributed by atoms with Crippen molar-refractivity contribution in [2.45, 2.75) is 70.4 Å². The van der Waals surface area contributed by atoms with Crippen LogP contribution in [0, 0.1) is 19.7 Å². The van der Waals surface area contributed by atoms with E-state index in [4.69, 9.17) is 39.5 Å². The molecule has 0 saturated heterocycles. The number of hydrogen-bond acceptors (Lipinski definition) is 13. The third-order valence-electron chi connectivity index (χ3n) is 10.3. The van der Waals surface area contributed by atoms with Gasteiger partial charge in [-0.25, -0.2) is 19.2 Å². The molecule has 2 aromatic heterocycles. The molecule has 0 bridgehead atoms. The number of carbonyl (C=O) groups excluding carboxylic acids is 1. The molecule has 2 heterocycles. The van der Waals surface area contributed by atoms with Crippen molar-refractivity contribution in [3.8, 4) is 44.7 Å². The highest BCUT2D eigenvalue weighted by molar-refractivity contribution is 7.86. The van der Waals surface area contributed by atoms with Crippen molar-refractivity contribution in [2.75, 3.05) is 19.8 Å². The van der Waals surface area contributed by atoms with Crippen LogP contribution in [-0.4, -0.2) is 67.1 Å². The second-order valence-electron chi connectivity index (χ2n) is 16.8. The van der Waals surface area contributed by atoms with Crippen LogP contribution in [0.25, 0.3) is 31.8 Å². The van der Waals surface area contributed by atoms with Gasteiger partial charge in [0.1, 0.15) is 59.1 Å². The van der Waals surface area contributed by atoms with E-state index in [1.807, 2.05) is 37.3 Å². The van der Waals surface area contributed by atoms with Crippen molar-refractivity contribution in [2.24, 2.45) is 0 Å². The number of ether oxygens (including phenoxy) is 5. The van der Waals surface area contributed by atoms with Crippen LogP contribution in [0.2, 0.25) is 5.02 Å². The molecule has 0 spiro atoms. The lowest BCUT2D eigenvalue weighted by Crippen LogP contribution is -2.37. The Labute approximate surface area is 404 Å². The highest BCUT2D eigenvalue weighted by Gasteiger charge is 2.32. The minimum Gasteiger partial charge on any atom is -0.508 e. The Hall–Kier alpha value is -6.36. The molecular formula is C52H50ClFN2O10S2. The fraction of sp³-hybridized carbons (Fsp3) is 0.250. The molecular weight excluding hydrogens is 931 g/mol. The van der Waals surface area contributed by atoms with Crippen molar-refractivity contribution >= 4 is 49.2 Å². The van der Waals surface area contributed by atoms with Gasteiger partial charge in [0, 0.05) is 22.4 Å². The summed E-state index contributed by atoms with van der Waals surface area (Å²) in [5.41, 5.74) is 3.76. The summed E-state index contributed by atoms with van der Waals surface area (Å²) in [6, 6.07) is 29.9. The fourth-order valence-electron chi connectivity index (χ4n) is 7.07. The lowest BCUT2D eigenvalue weighted by molar-refractivity contribution is -0.163. The molecule has 5 aromatic carbocycles. The van der Waals surface area contributed by atoms with E-state index in [1.54, 1.807) is 76.2 Å². The molecule has 0 fully saturated rings. The molecule has 354 valence electrons. The summed E-state index contributed by atoms with van der Waals surface area (Å²) < 4.78 is 76.9. The largest absolute Gasteiger partial charge is 0.508 e. The topological polar surface area (TPSA) is 153 Å². The van der Waals surface area contributed by atoms with Crippen LogP contribution >= 0.6 is 22.9 Å². The molecule has 0 saturated carbocycles. The van der Waals surface area contributed by atoms with E-state index in [-0.39, 0.29) is 53.5 Å². The van der Waals surface area contributed by atoms with Gasteiger partial charge in [0.2, 0.25) is 12.0 Å². The van der Waals surface area contributed by atoms with Crippen LogP contribution in [0.4, 0.5) is 4.39 Å². The molecule has 0 aliphatic rings. The molecule has 16 heteroatoms. The molecule has 0 aliphatic heterocycles. The zero-order valence-corrected chi connectivity index (χ0v) is 40.4. The molecule has 0 aliphatic carbocycles. The zero-order chi connectivity index (χ0) is 48.6. The van der Waals surface area contributed by atoms with Crippen molar-refractivity contribution in [1.29, 1.82) is 0 Å². The Morgan fingerprint density at radius 2 is 1.63 bits per heavy atom. The Morgan fingerprint density at radius 1 is 0.912 bits per heavy atom. The quantitative estimate of drug-likeness (QED) is 0.0335. The second kappa shape index (κ2) is 21.7. The number of aryl methyl sites for hydroxylation is 1. The molecule has 7 rings (SSSR count). The highest BCUT2D eigenvalue weighted by atomic mass is 35.5. The first kappa shape index (κ1) is 49.5. The number of esters is 1. The summed E-state index contributed by atoms with van der Waals surface area (Å²) in [5, 5.41) is 11.3. The first-order chi connectivity index (χ1) is 32.5. The maximum absolute atomic E-state index is 14.4. The normalized spacial score (nSPS) is 12.6. The predicted octanol–water partition coefficient (Wildman–Crippen LogP) is 11.4. The van der Waals surface area contributed by atoms with E-state index in [0.29, 0.717) is 48.7 Å². The third-order valence-corrected chi connectivity index (χ3v) is 13.3. The number of phenols is 1. The summed E-state index contributed by atoms with van der Waals surface area (Å²) in [7, 11) is -4.15. The first-order valence-corrected chi connectivity index (χ1v) is 24.1. The van der Waals surface area contributed by atoms with E-state index in [0.717, 1.165) is 11.1 Å². The number of nitrogens with zero attached hydrogens (tertiary/aromatic N) is 2. The summed E-state index contributed by atoms with van der Waals surface area (Å²) >= 11 is 8.46. The minimum absolute atomic E-state index is 0.00579. The van der Waals surface area contributed by atoms with Crippen molar-refractivity contribution in [1.82, 2.24) is 9.97 Å². The monoisotopic (exact) mass is 980 g/mol. The molecule has 68 heavy (non-hydrogen) atoms. The molecule has 0 radical (unpaired) electrons. The second-order valence-corrected chi connectivity index (χ2v) is 19.7. The van der Waals surface area contributed by atoms with Crippen molar-refractivity contribution in [3.05, 3.63) is 161 Å². The van der Waals surface area contributed by atoms with E-state index in [9.17, 15) is 22.7 Å². The lowest BCUT2D eigenvalue weighted by Gasteiger charge is -2.25. The smallest absolute Gasteiger partial charge is 0.348 e. The summed E-state index contributed by atoms with van der Waals surface area (Å²) in [4.78, 5) is 24.5. The zero-order valence-electron chi connectivity index (χ0n) is 38.0. The highest BCUT2D eigenvalue weighted by Crippen LogP contribution is 2.49. The van der Waals surface area contributed by atoms with E-state index in [1.165, 1.54) is 54.1 Å². The van der Waals surface area contributed by atoms with E-state index in [2.05, 4.69) is 16.5 Å². The third kappa shape index (κ3) is 12.4. The van der Waals surface area contributed by atoms with Gasteiger partial charge >= 0.3 is 5.97 Å². The number of aromatic hydroxyl groups is 1. The number of thiophene rings is 1. The van der Waals surface area contributed by atoms with Crippen molar-refractivity contribution < 1.29 is 50.6 Å². The van der Waals surface area contributed by atoms with Crippen LogP contribution in [0.5, 0.6) is 23.1 Å². The molecule has 12 nitrogen and oxygen atoms in total. The van der Waals surface area contributed by atoms with E-state index < -0.39 is 46.3 Å². The SMILES string of the molecule is C=CCOCC(COS(=O)(=O)c1ccc(C)cc1)Oc1ccc(-c2c(-c3ccc(F)cc3)sc3ncnc(OC(Cc4cc(O)ccc4OCc4ccccc4)C(=O)OC(C)(C)C)c23)c(C)c1Cl. The predicted molar refractivity (Wildman–Crippen MR) is 261 cm³/mol. The number of aromatic nitrogens is 2. The Balaban J connectivity index is 1.28. The van der Waals surface area contributed by atoms with Gasteiger partial charge in [-0.1, -0.05) is 83.9 Å². The van der Waals surface area contributed by atoms with Gasteiger partial charge in [0.05, 0.1) is 28.5 Å². The number of hydrogen-bond donors (Lipinski definition) is 1. The Bertz CT molecular complexity index is 3000. The fourth-order valence-corrected chi connectivity index (χ4v) is 9.37. The molecule has 1 N–H and O–H groups in total. The average molecular weight is 982 g/mol. The van der Waals surface area contributed by atoms with Crippen molar-refractivity contribution in [3.63, 3.8) is 0 Å². The van der Waals surface area contributed by atoms with Gasteiger partial charge in [-0.3, -0.25) is 4.18 Å². The Kier molecular flexibility index (Phi) is 15.8. The number of phenolic OH excluding ortho intramolecular Hbond substituents is 1. The van der Waals surface area contributed by atoms with Gasteiger partial charge < -0.3 is 28.8 Å². The molecule has 2 atom stereocenters. The lowest BCUT2D eigenvalue weighted by atomic mass is 9.96. The Morgan fingerprint density at radius 3 is 2.34 bits per heavy atom. The maximum atomic E-state index is 14.4. The minimum atomic E-state index is -4.15. The standard InChI is InChI=1S/C52H50ClFN2O10S2/c1-7-25-61-29-39(30-63-68(59,60)40-20-13-32(2)14-21-40)64-43-24-22-41(33(3)47(43)53)45-46-49(55-31-56-50(46)67-48(45)35-15-17-37(54)18-16-35)65-44(51(58)66-52(4,5)6)27-36-26-38(57)19-23-42(36)62-28-34-11-9-8-10-12-34/h7-24,26,31,39,44,57H,1,25,27-30H2,2-6H3. The molecule has 2 unspecified atom stereocenters. The summed E-state index contributed by atoms with van der Waals surface area (Å²) in [6.45, 7) is 12.5. The average Bonchev–Trinajstić information content (AvgIpc) is 3.69. The van der Waals surface area contributed by atoms with Crippen LogP contribution < -0.4 is 14.2 Å². The number of benzene rings is 5. The number of halogens is 2. The van der Waals surface area contributed by atoms with Crippen LogP contribution in [0.3, 0.4) is 0 Å². The van der Waals surface area contributed by atoms with Gasteiger partial charge in [-0.2, -0.15) is 8.42 Å². The van der Waals surface area contributed by atoms with Crippen LogP contribution in [0.15, 0.2) is 133 Å². The van der Waals surface area contributed by atoms with Crippen LogP contribution in [0.1, 0.15) is 43.0 Å². The first-order valence-electron chi connectivity index (χ1n) is 21.5. The maximum Gasteiger partial charge on any atom is 0.348 e. The number of carbonyl (C=O) groups is 1.